The van der Waals surface area contributed by atoms with E-state index in [1.807, 2.05) is 42.5 Å². The third kappa shape index (κ3) is 6.10. The second-order valence-electron chi connectivity index (χ2n) is 6.15. The van der Waals surface area contributed by atoms with E-state index >= 15 is 0 Å². The van der Waals surface area contributed by atoms with Crippen molar-refractivity contribution >= 4 is 11.4 Å². The highest BCUT2D eigenvalue weighted by molar-refractivity contribution is 5.60. The lowest BCUT2D eigenvalue weighted by atomic mass is 10.2. The lowest BCUT2D eigenvalue weighted by Gasteiger charge is -2.14. The van der Waals surface area contributed by atoms with Crippen LogP contribution in [0.25, 0.3) is 0 Å². The molecule has 5 heteroatoms. The van der Waals surface area contributed by atoms with Crippen molar-refractivity contribution in [3.8, 4) is 17.2 Å². The van der Waals surface area contributed by atoms with Gasteiger partial charge >= 0.3 is 0 Å². The molecule has 0 fully saturated rings. The van der Waals surface area contributed by atoms with Gasteiger partial charge in [-0.15, -0.1) is 0 Å². The van der Waals surface area contributed by atoms with E-state index in [2.05, 4.69) is 24.5 Å². The molecule has 0 bridgehead atoms. The minimum Gasteiger partial charge on any atom is -0.497 e. The van der Waals surface area contributed by atoms with Gasteiger partial charge in [-0.25, -0.2) is 0 Å². The summed E-state index contributed by atoms with van der Waals surface area (Å²) in [7, 11) is 3.31. The van der Waals surface area contributed by atoms with E-state index < -0.39 is 0 Å². The summed E-state index contributed by atoms with van der Waals surface area (Å²) < 4.78 is 16.4. The van der Waals surface area contributed by atoms with Crippen LogP contribution in [-0.2, 0) is 0 Å². The fourth-order valence-corrected chi connectivity index (χ4v) is 2.31. The zero-order valence-electron chi connectivity index (χ0n) is 15.5. The third-order valence-electron chi connectivity index (χ3n) is 3.59. The average molecular weight is 344 g/mol. The molecule has 0 amide bonds. The molecule has 0 saturated carbocycles. The van der Waals surface area contributed by atoms with Crippen LogP contribution in [0.5, 0.6) is 17.2 Å². The van der Waals surface area contributed by atoms with E-state index in [9.17, 15) is 0 Å². The van der Waals surface area contributed by atoms with Crippen LogP contribution in [0.3, 0.4) is 0 Å². The van der Waals surface area contributed by atoms with E-state index in [1.54, 1.807) is 14.2 Å². The molecule has 0 atom stereocenters. The second kappa shape index (κ2) is 9.67. The predicted octanol–water partition coefficient (Wildman–Crippen LogP) is 4.26. The Bertz CT molecular complexity index is 659. The van der Waals surface area contributed by atoms with Crippen molar-refractivity contribution in [1.82, 2.24) is 0 Å². The first-order valence-corrected chi connectivity index (χ1v) is 8.55. The summed E-state index contributed by atoms with van der Waals surface area (Å²) in [4.78, 5) is 0. The zero-order valence-corrected chi connectivity index (χ0v) is 15.5. The lowest BCUT2D eigenvalue weighted by Crippen LogP contribution is -2.14. The second-order valence-corrected chi connectivity index (χ2v) is 6.15. The Labute approximate surface area is 150 Å². The monoisotopic (exact) mass is 344 g/mol. The van der Waals surface area contributed by atoms with Gasteiger partial charge in [0.25, 0.3) is 0 Å². The summed E-state index contributed by atoms with van der Waals surface area (Å²) in [6, 6.07) is 13.7. The summed E-state index contributed by atoms with van der Waals surface area (Å²) in [5.74, 6) is 3.00. The van der Waals surface area contributed by atoms with Gasteiger partial charge in [-0.1, -0.05) is 19.9 Å². The standard InChI is InChI=1S/C20H28N2O3/c1-15(2)14-25-18-7-5-6-16(12-18)21-10-11-22-19-13-17(23-3)8-9-20(19)24-4/h5-9,12-13,15,21-22H,10-11,14H2,1-4H3. The minimum atomic E-state index is 0.513. The Morgan fingerprint density at radius 2 is 1.68 bits per heavy atom. The fraction of sp³-hybridized carbons (Fsp3) is 0.400. The number of nitrogens with one attached hydrogen (secondary N) is 2. The molecular formula is C20H28N2O3. The van der Waals surface area contributed by atoms with Crippen molar-refractivity contribution in [3.05, 3.63) is 42.5 Å². The molecule has 0 aliphatic rings. The molecule has 2 rings (SSSR count). The van der Waals surface area contributed by atoms with Crippen LogP contribution in [0.4, 0.5) is 11.4 Å². The SMILES string of the molecule is COc1ccc(OC)c(NCCNc2cccc(OCC(C)C)c2)c1. The number of hydrogen-bond donors (Lipinski definition) is 2. The maximum absolute atomic E-state index is 5.75. The normalized spacial score (nSPS) is 10.4. The van der Waals surface area contributed by atoms with E-state index in [1.165, 1.54) is 0 Å². The largest absolute Gasteiger partial charge is 0.497 e. The van der Waals surface area contributed by atoms with Gasteiger partial charge < -0.3 is 24.8 Å². The molecule has 2 N–H and O–H groups in total. The molecule has 2 aromatic carbocycles. The molecule has 0 heterocycles. The molecule has 0 saturated heterocycles. The fourth-order valence-electron chi connectivity index (χ4n) is 2.31. The molecule has 0 radical (unpaired) electrons. The smallest absolute Gasteiger partial charge is 0.142 e. The first-order valence-electron chi connectivity index (χ1n) is 8.55. The summed E-state index contributed by atoms with van der Waals surface area (Å²) in [6.45, 7) is 6.52. The molecule has 136 valence electrons. The molecule has 5 nitrogen and oxygen atoms in total. The van der Waals surface area contributed by atoms with E-state index in [-0.39, 0.29) is 0 Å². The Balaban J connectivity index is 1.84. The quantitative estimate of drug-likeness (QED) is 0.631. The van der Waals surface area contributed by atoms with Crippen LogP contribution in [0.15, 0.2) is 42.5 Å². The van der Waals surface area contributed by atoms with E-state index in [0.29, 0.717) is 5.92 Å². The van der Waals surface area contributed by atoms with Gasteiger partial charge in [0.1, 0.15) is 17.2 Å². The van der Waals surface area contributed by atoms with Crippen molar-refractivity contribution in [1.29, 1.82) is 0 Å². The van der Waals surface area contributed by atoms with Gasteiger partial charge in [0, 0.05) is 30.9 Å². The van der Waals surface area contributed by atoms with Crippen molar-refractivity contribution in [2.45, 2.75) is 13.8 Å². The third-order valence-corrected chi connectivity index (χ3v) is 3.59. The van der Waals surface area contributed by atoms with E-state index in [4.69, 9.17) is 14.2 Å². The molecule has 25 heavy (non-hydrogen) atoms. The molecule has 0 unspecified atom stereocenters. The molecule has 0 aliphatic carbocycles. The summed E-state index contributed by atoms with van der Waals surface area (Å²) >= 11 is 0. The van der Waals surface area contributed by atoms with Crippen molar-refractivity contribution in [2.75, 3.05) is 44.5 Å². The van der Waals surface area contributed by atoms with Gasteiger partial charge in [-0.2, -0.15) is 0 Å². The maximum Gasteiger partial charge on any atom is 0.142 e. The predicted molar refractivity (Wildman–Crippen MR) is 103 cm³/mol. The Morgan fingerprint density at radius 1 is 0.880 bits per heavy atom. The molecular weight excluding hydrogens is 316 g/mol. The van der Waals surface area contributed by atoms with Gasteiger partial charge in [0.15, 0.2) is 0 Å². The highest BCUT2D eigenvalue weighted by Gasteiger charge is 2.04. The highest BCUT2D eigenvalue weighted by Crippen LogP contribution is 2.28. The molecule has 0 aromatic heterocycles. The number of ether oxygens (including phenoxy) is 3. The molecule has 0 spiro atoms. The van der Waals surface area contributed by atoms with Crippen molar-refractivity contribution in [2.24, 2.45) is 5.92 Å². The first-order chi connectivity index (χ1) is 12.1. The Morgan fingerprint density at radius 3 is 2.40 bits per heavy atom. The molecule has 2 aromatic rings. The summed E-state index contributed by atoms with van der Waals surface area (Å²) in [5.41, 5.74) is 1.96. The highest BCUT2D eigenvalue weighted by atomic mass is 16.5. The molecule has 0 aliphatic heterocycles. The first kappa shape index (κ1) is 18.8. The number of benzene rings is 2. The summed E-state index contributed by atoms with van der Waals surface area (Å²) in [6.07, 6.45) is 0. The van der Waals surface area contributed by atoms with Crippen LogP contribution in [0, 0.1) is 5.92 Å². The minimum absolute atomic E-state index is 0.513. The number of rotatable bonds is 10. The zero-order chi connectivity index (χ0) is 18.1. The van der Waals surface area contributed by atoms with Gasteiger partial charge in [0.2, 0.25) is 0 Å². The Hall–Kier alpha value is -2.56. The summed E-state index contributed by atoms with van der Waals surface area (Å²) in [5, 5.41) is 6.76. The van der Waals surface area contributed by atoms with Gasteiger partial charge in [0.05, 0.1) is 26.5 Å². The topological polar surface area (TPSA) is 51.8 Å². The number of methoxy groups -OCH3 is 2. The van der Waals surface area contributed by atoms with Gasteiger partial charge in [-0.3, -0.25) is 0 Å². The average Bonchev–Trinajstić information content (AvgIpc) is 2.63. The van der Waals surface area contributed by atoms with Crippen molar-refractivity contribution in [3.63, 3.8) is 0 Å². The van der Waals surface area contributed by atoms with Crippen molar-refractivity contribution < 1.29 is 14.2 Å². The Kier molecular flexibility index (Phi) is 7.26. The lowest BCUT2D eigenvalue weighted by molar-refractivity contribution is 0.271. The maximum atomic E-state index is 5.75. The van der Waals surface area contributed by atoms with E-state index in [0.717, 1.165) is 48.3 Å². The van der Waals surface area contributed by atoms with Crippen LogP contribution in [-0.4, -0.2) is 33.9 Å². The van der Waals surface area contributed by atoms with Gasteiger partial charge in [-0.05, 0) is 30.2 Å². The van der Waals surface area contributed by atoms with Crippen LogP contribution in [0.1, 0.15) is 13.8 Å². The number of hydrogen-bond acceptors (Lipinski definition) is 5. The van der Waals surface area contributed by atoms with Crippen LogP contribution in [0.2, 0.25) is 0 Å². The number of anilines is 2. The van der Waals surface area contributed by atoms with Crippen LogP contribution >= 0.6 is 0 Å². The van der Waals surface area contributed by atoms with Crippen LogP contribution < -0.4 is 24.8 Å².